The zero-order chi connectivity index (χ0) is 21.0. The summed E-state index contributed by atoms with van der Waals surface area (Å²) in [5.74, 6) is 1.79. The number of nitrogens with zero attached hydrogens (tertiary/aromatic N) is 3. The predicted octanol–water partition coefficient (Wildman–Crippen LogP) is 3.59. The molecule has 1 amide bonds. The second kappa shape index (κ2) is 8.91. The number of methoxy groups -OCH3 is 2. The number of aromatic amines is 1. The number of carbonyl (C=O) groups excluding carboxylic acids is 1. The summed E-state index contributed by atoms with van der Waals surface area (Å²) in [5.41, 5.74) is 2.87. The van der Waals surface area contributed by atoms with Gasteiger partial charge in [-0.1, -0.05) is 35.9 Å². The number of likely N-dealkylation sites (N-methyl/N-ethyl adjacent to an activating group) is 1. The minimum absolute atomic E-state index is 0.0847. The smallest absolute Gasteiger partial charge is 0.242 e. The first-order valence-electron chi connectivity index (χ1n) is 9.10. The molecule has 0 aliphatic carbocycles. The molecule has 3 aromatic rings. The highest BCUT2D eigenvalue weighted by molar-refractivity contribution is 7.71. The maximum Gasteiger partial charge on any atom is 0.242 e. The van der Waals surface area contributed by atoms with E-state index in [0.717, 1.165) is 16.7 Å². The molecule has 152 valence electrons. The SMILES string of the molecule is COc1cccc(CN(C)C(=O)Cn2c(-c3cccc(C)c3)n[nH]c2=S)c1OC. The van der Waals surface area contributed by atoms with E-state index in [9.17, 15) is 4.79 Å². The van der Waals surface area contributed by atoms with Crippen LogP contribution in [0.3, 0.4) is 0 Å². The van der Waals surface area contributed by atoms with Gasteiger partial charge < -0.3 is 14.4 Å². The molecule has 1 aromatic heterocycles. The Labute approximate surface area is 174 Å². The number of H-pyrrole nitrogens is 1. The van der Waals surface area contributed by atoms with E-state index in [0.29, 0.717) is 28.6 Å². The Balaban J connectivity index is 1.81. The second-order valence-corrected chi connectivity index (χ2v) is 7.10. The van der Waals surface area contributed by atoms with Crippen LogP contribution >= 0.6 is 12.2 Å². The van der Waals surface area contributed by atoms with Crippen LogP contribution in [0.25, 0.3) is 11.4 Å². The summed E-state index contributed by atoms with van der Waals surface area (Å²) in [7, 11) is 4.92. The number of aryl methyl sites for hydroxylation is 1. The van der Waals surface area contributed by atoms with Gasteiger partial charge in [0.1, 0.15) is 6.54 Å². The minimum atomic E-state index is -0.0960. The van der Waals surface area contributed by atoms with Crippen molar-refractivity contribution < 1.29 is 14.3 Å². The summed E-state index contributed by atoms with van der Waals surface area (Å²) >= 11 is 5.35. The molecule has 2 aromatic carbocycles. The zero-order valence-corrected chi connectivity index (χ0v) is 17.7. The highest BCUT2D eigenvalue weighted by Crippen LogP contribution is 2.31. The summed E-state index contributed by atoms with van der Waals surface area (Å²) < 4.78 is 12.9. The third-order valence-electron chi connectivity index (χ3n) is 4.65. The molecule has 29 heavy (non-hydrogen) atoms. The van der Waals surface area contributed by atoms with E-state index < -0.39 is 0 Å². The maximum atomic E-state index is 12.9. The van der Waals surface area contributed by atoms with Crippen LogP contribution in [0.1, 0.15) is 11.1 Å². The lowest BCUT2D eigenvalue weighted by Gasteiger charge is -2.20. The lowest BCUT2D eigenvalue weighted by atomic mass is 10.1. The number of nitrogens with one attached hydrogen (secondary N) is 1. The lowest BCUT2D eigenvalue weighted by molar-refractivity contribution is -0.131. The van der Waals surface area contributed by atoms with Crippen LogP contribution in [0.5, 0.6) is 11.5 Å². The first kappa shape index (κ1) is 20.6. The normalized spacial score (nSPS) is 10.6. The highest BCUT2D eigenvalue weighted by Gasteiger charge is 2.18. The van der Waals surface area contributed by atoms with Crippen molar-refractivity contribution in [2.45, 2.75) is 20.0 Å². The van der Waals surface area contributed by atoms with Crippen molar-refractivity contribution in [1.82, 2.24) is 19.7 Å². The fourth-order valence-corrected chi connectivity index (χ4v) is 3.34. The van der Waals surface area contributed by atoms with Gasteiger partial charge in [-0.25, -0.2) is 0 Å². The summed E-state index contributed by atoms with van der Waals surface area (Å²) in [6, 6.07) is 13.5. The first-order valence-corrected chi connectivity index (χ1v) is 9.51. The minimum Gasteiger partial charge on any atom is -0.493 e. The third kappa shape index (κ3) is 4.48. The highest BCUT2D eigenvalue weighted by atomic mass is 32.1. The van der Waals surface area contributed by atoms with Gasteiger partial charge in [0, 0.05) is 24.7 Å². The molecule has 1 heterocycles. The molecule has 0 radical (unpaired) electrons. The monoisotopic (exact) mass is 412 g/mol. The molecule has 0 bridgehead atoms. The van der Waals surface area contributed by atoms with Gasteiger partial charge >= 0.3 is 0 Å². The summed E-state index contributed by atoms with van der Waals surface area (Å²) in [6.45, 7) is 2.47. The molecule has 7 nitrogen and oxygen atoms in total. The molecular formula is C21H24N4O3S. The Kier molecular flexibility index (Phi) is 6.33. The van der Waals surface area contributed by atoms with Gasteiger partial charge in [-0.15, -0.1) is 0 Å². The van der Waals surface area contributed by atoms with Gasteiger partial charge in [0.05, 0.1) is 14.2 Å². The number of para-hydroxylation sites is 1. The largest absolute Gasteiger partial charge is 0.493 e. The van der Waals surface area contributed by atoms with Gasteiger partial charge in [0.2, 0.25) is 5.91 Å². The maximum absolute atomic E-state index is 12.9. The molecule has 0 saturated heterocycles. The number of ether oxygens (including phenoxy) is 2. The summed E-state index contributed by atoms with van der Waals surface area (Å²) in [6.07, 6.45) is 0. The van der Waals surface area contributed by atoms with E-state index in [1.165, 1.54) is 0 Å². The fourth-order valence-electron chi connectivity index (χ4n) is 3.15. The van der Waals surface area contributed by atoms with Crippen LogP contribution in [0.4, 0.5) is 0 Å². The van der Waals surface area contributed by atoms with E-state index in [2.05, 4.69) is 10.2 Å². The van der Waals surface area contributed by atoms with Crippen molar-refractivity contribution in [3.8, 4) is 22.9 Å². The lowest BCUT2D eigenvalue weighted by Crippen LogP contribution is -2.30. The first-order chi connectivity index (χ1) is 13.9. The molecule has 0 fully saturated rings. The Bertz CT molecular complexity index is 1070. The molecule has 3 rings (SSSR count). The van der Waals surface area contributed by atoms with Crippen LogP contribution in [0.2, 0.25) is 0 Å². The molecule has 0 saturated carbocycles. The Morgan fingerprint density at radius 2 is 1.97 bits per heavy atom. The number of hydrogen-bond donors (Lipinski definition) is 1. The quantitative estimate of drug-likeness (QED) is 0.601. The Morgan fingerprint density at radius 1 is 1.21 bits per heavy atom. The van der Waals surface area contributed by atoms with E-state index >= 15 is 0 Å². The van der Waals surface area contributed by atoms with Crippen molar-refractivity contribution in [2.24, 2.45) is 0 Å². The standard InChI is InChI=1S/C21H24N4O3S/c1-14-7-5-8-15(11-14)20-22-23-21(29)25(20)13-18(26)24(2)12-16-9-6-10-17(27-3)19(16)28-4/h5-11H,12-13H2,1-4H3,(H,23,29). The van der Waals surface area contributed by atoms with Gasteiger partial charge in [-0.3, -0.25) is 14.5 Å². The van der Waals surface area contributed by atoms with Crippen molar-refractivity contribution in [1.29, 1.82) is 0 Å². The van der Waals surface area contributed by atoms with Crippen LogP contribution in [-0.2, 0) is 17.9 Å². The number of benzene rings is 2. The number of amides is 1. The molecule has 0 unspecified atom stereocenters. The predicted molar refractivity (Wildman–Crippen MR) is 114 cm³/mol. The van der Waals surface area contributed by atoms with Crippen LogP contribution in [0.15, 0.2) is 42.5 Å². The van der Waals surface area contributed by atoms with Crippen LogP contribution < -0.4 is 9.47 Å². The summed E-state index contributed by atoms with van der Waals surface area (Å²) in [5, 5.41) is 7.10. The van der Waals surface area contributed by atoms with Gasteiger partial charge in [-0.2, -0.15) is 5.10 Å². The molecule has 0 spiro atoms. The Hall–Kier alpha value is -3.13. The molecule has 0 atom stereocenters. The fraction of sp³-hybridized carbons (Fsp3) is 0.286. The van der Waals surface area contributed by atoms with Crippen molar-refractivity contribution >= 4 is 18.1 Å². The van der Waals surface area contributed by atoms with Gasteiger partial charge in [-0.05, 0) is 31.3 Å². The third-order valence-corrected chi connectivity index (χ3v) is 4.96. The molecular weight excluding hydrogens is 388 g/mol. The average molecular weight is 413 g/mol. The number of rotatable bonds is 7. The van der Waals surface area contributed by atoms with Crippen LogP contribution in [-0.4, -0.2) is 46.8 Å². The Morgan fingerprint density at radius 3 is 2.66 bits per heavy atom. The number of aromatic nitrogens is 3. The second-order valence-electron chi connectivity index (χ2n) is 6.71. The van der Waals surface area contributed by atoms with Gasteiger partial charge in [0.15, 0.2) is 22.1 Å². The number of carbonyl (C=O) groups is 1. The van der Waals surface area contributed by atoms with E-state index in [-0.39, 0.29) is 12.5 Å². The average Bonchev–Trinajstić information content (AvgIpc) is 3.07. The van der Waals surface area contributed by atoms with E-state index in [4.69, 9.17) is 21.7 Å². The zero-order valence-electron chi connectivity index (χ0n) is 16.9. The molecule has 1 N–H and O–H groups in total. The molecule has 0 aliphatic heterocycles. The number of hydrogen-bond acceptors (Lipinski definition) is 5. The molecule has 0 aliphatic rings. The van der Waals surface area contributed by atoms with Crippen molar-refractivity contribution in [3.63, 3.8) is 0 Å². The molecule has 8 heteroatoms. The van der Waals surface area contributed by atoms with Crippen molar-refractivity contribution in [3.05, 3.63) is 58.4 Å². The van der Waals surface area contributed by atoms with E-state index in [1.54, 1.807) is 30.7 Å². The van der Waals surface area contributed by atoms with Crippen LogP contribution in [0, 0.1) is 11.7 Å². The topological polar surface area (TPSA) is 72.4 Å². The van der Waals surface area contributed by atoms with Gasteiger partial charge in [0.25, 0.3) is 0 Å². The van der Waals surface area contributed by atoms with E-state index in [1.807, 2.05) is 49.4 Å². The summed E-state index contributed by atoms with van der Waals surface area (Å²) in [4.78, 5) is 14.5. The van der Waals surface area contributed by atoms with Crippen molar-refractivity contribution in [2.75, 3.05) is 21.3 Å².